The van der Waals surface area contributed by atoms with Crippen molar-refractivity contribution >= 4 is 11.9 Å². The van der Waals surface area contributed by atoms with Crippen LogP contribution < -0.4 is 0 Å². The number of carbonyl (C=O) groups excluding carboxylic acids is 2. The molecular formula is C28H38O12. The Morgan fingerprint density at radius 1 is 1.15 bits per heavy atom. The molecule has 0 amide bonds. The Kier molecular flexibility index (Phi) is 7.26. The number of carbonyl (C=O) groups is 2. The molecular weight excluding hydrogens is 528 g/mol. The van der Waals surface area contributed by atoms with Crippen LogP contribution >= 0.6 is 0 Å². The van der Waals surface area contributed by atoms with E-state index in [0.717, 1.165) is 12.0 Å². The summed E-state index contributed by atoms with van der Waals surface area (Å²) in [6.45, 7) is 2.96. The minimum absolute atomic E-state index is 0.138. The van der Waals surface area contributed by atoms with E-state index in [1.54, 1.807) is 18.6 Å². The molecule has 13 unspecified atom stereocenters. The summed E-state index contributed by atoms with van der Waals surface area (Å²) < 4.78 is 35.2. The number of furan rings is 1. The van der Waals surface area contributed by atoms with E-state index >= 15 is 0 Å². The van der Waals surface area contributed by atoms with Gasteiger partial charge in [0.05, 0.1) is 31.2 Å². The first-order chi connectivity index (χ1) is 19.1. The van der Waals surface area contributed by atoms with E-state index in [1.807, 2.05) is 6.92 Å². The third-order valence-electron chi connectivity index (χ3n) is 10.3. The second-order valence-corrected chi connectivity index (χ2v) is 12.1. The summed E-state index contributed by atoms with van der Waals surface area (Å²) in [6, 6.07) is 1.80. The number of hydrogen-bond acceptors (Lipinski definition) is 12. The van der Waals surface area contributed by atoms with E-state index in [-0.39, 0.29) is 30.3 Å². The highest BCUT2D eigenvalue weighted by atomic mass is 16.8. The number of fused-ring (bicyclic) bond motifs is 1. The zero-order valence-electron chi connectivity index (χ0n) is 22.6. The summed E-state index contributed by atoms with van der Waals surface area (Å²) in [7, 11) is 0. The van der Waals surface area contributed by atoms with Gasteiger partial charge < -0.3 is 48.5 Å². The molecule has 0 radical (unpaired) electrons. The fourth-order valence-corrected chi connectivity index (χ4v) is 8.47. The van der Waals surface area contributed by atoms with Crippen LogP contribution in [-0.2, 0) is 33.3 Å². The van der Waals surface area contributed by atoms with Crippen LogP contribution in [0.1, 0.15) is 57.6 Å². The topological polar surface area (TPSA) is 174 Å². The molecule has 2 aliphatic carbocycles. The number of cyclic esters (lactones) is 1. The van der Waals surface area contributed by atoms with Crippen molar-refractivity contribution < 1.29 is 58.1 Å². The zero-order chi connectivity index (χ0) is 28.4. The van der Waals surface area contributed by atoms with Crippen molar-refractivity contribution in [2.45, 2.75) is 95.2 Å². The van der Waals surface area contributed by atoms with Crippen LogP contribution in [-0.4, -0.2) is 88.7 Å². The van der Waals surface area contributed by atoms with Crippen LogP contribution in [0.2, 0.25) is 0 Å². The molecule has 2 saturated carbocycles. The predicted molar refractivity (Wildman–Crippen MR) is 132 cm³/mol. The molecule has 2 spiro atoms. The molecule has 4 N–H and O–H groups in total. The lowest BCUT2D eigenvalue weighted by molar-refractivity contribution is -0.338. The van der Waals surface area contributed by atoms with E-state index in [2.05, 4.69) is 0 Å². The van der Waals surface area contributed by atoms with Crippen molar-refractivity contribution in [2.24, 2.45) is 28.6 Å². The van der Waals surface area contributed by atoms with Gasteiger partial charge in [-0.25, -0.2) is 0 Å². The summed E-state index contributed by atoms with van der Waals surface area (Å²) in [5.41, 5.74) is -0.800. The van der Waals surface area contributed by atoms with Gasteiger partial charge in [-0.1, -0.05) is 13.3 Å². The Morgan fingerprint density at radius 2 is 1.95 bits per heavy atom. The van der Waals surface area contributed by atoms with Gasteiger partial charge in [-0.2, -0.15) is 0 Å². The maximum absolute atomic E-state index is 13.9. The molecule has 1 aromatic rings. The van der Waals surface area contributed by atoms with Crippen molar-refractivity contribution in [3.63, 3.8) is 0 Å². The van der Waals surface area contributed by atoms with Gasteiger partial charge in [-0.3, -0.25) is 9.59 Å². The Balaban J connectivity index is 1.34. The minimum atomic E-state index is -1.59. The Bertz CT molecular complexity index is 1090. The van der Waals surface area contributed by atoms with Gasteiger partial charge in [0.2, 0.25) is 0 Å². The lowest BCUT2D eigenvalue weighted by Crippen LogP contribution is -2.64. The predicted octanol–water partition coefficient (Wildman–Crippen LogP) is 0.801. The molecule has 1 aromatic heterocycles. The van der Waals surface area contributed by atoms with Crippen molar-refractivity contribution in [3.05, 3.63) is 24.2 Å². The fourth-order valence-electron chi connectivity index (χ4n) is 8.47. The van der Waals surface area contributed by atoms with Gasteiger partial charge in [0.15, 0.2) is 12.6 Å². The molecule has 13 atom stereocenters. The average molecular weight is 567 g/mol. The lowest BCUT2D eigenvalue weighted by Gasteiger charge is -2.60. The molecule has 12 heteroatoms. The Labute approximate surface area is 231 Å². The molecule has 5 aliphatic rings. The van der Waals surface area contributed by atoms with E-state index in [1.165, 1.54) is 6.92 Å². The highest BCUT2D eigenvalue weighted by Gasteiger charge is 2.73. The minimum Gasteiger partial charge on any atom is -0.472 e. The number of ether oxygens (including phenoxy) is 5. The second kappa shape index (κ2) is 10.3. The van der Waals surface area contributed by atoms with Gasteiger partial charge in [0.1, 0.15) is 36.6 Å². The lowest BCUT2D eigenvalue weighted by atomic mass is 9.43. The zero-order valence-corrected chi connectivity index (χ0v) is 22.6. The monoisotopic (exact) mass is 566 g/mol. The molecule has 3 saturated heterocycles. The first kappa shape index (κ1) is 28.1. The maximum Gasteiger partial charge on any atom is 0.313 e. The van der Waals surface area contributed by atoms with E-state index < -0.39 is 72.6 Å². The molecule has 0 aromatic carbocycles. The van der Waals surface area contributed by atoms with Gasteiger partial charge in [0, 0.05) is 30.2 Å². The van der Waals surface area contributed by atoms with Crippen LogP contribution in [0.15, 0.2) is 23.0 Å². The quantitative estimate of drug-likeness (QED) is 0.370. The summed E-state index contributed by atoms with van der Waals surface area (Å²) in [5.74, 6) is -1.39. The van der Waals surface area contributed by atoms with Crippen molar-refractivity contribution in [3.8, 4) is 0 Å². The van der Waals surface area contributed by atoms with E-state index in [0.29, 0.717) is 25.7 Å². The largest absolute Gasteiger partial charge is 0.472 e. The summed E-state index contributed by atoms with van der Waals surface area (Å²) in [4.78, 5) is 26.2. The smallest absolute Gasteiger partial charge is 0.313 e. The van der Waals surface area contributed by atoms with Crippen molar-refractivity contribution in [2.75, 3.05) is 13.2 Å². The van der Waals surface area contributed by atoms with Gasteiger partial charge in [0.25, 0.3) is 0 Å². The number of aliphatic hydroxyl groups excluding tert-OH is 4. The van der Waals surface area contributed by atoms with Crippen LogP contribution in [0.3, 0.4) is 0 Å². The number of rotatable bonds is 5. The third kappa shape index (κ3) is 4.06. The summed E-state index contributed by atoms with van der Waals surface area (Å²) in [5, 5.41) is 40.6. The molecule has 3 aliphatic heterocycles. The van der Waals surface area contributed by atoms with Crippen molar-refractivity contribution in [1.29, 1.82) is 0 Å². The first-order valence-electron chi connectivity index (χ1n) is 14.1. The highest BCUT2D eigenvalue weighted by molar-refractivity contribution is 5.81. The van der Waals surface area contributed by atoms with Crippen molar-refractivity contribution in [1.82, 2.24) is 0 Å². The van der Waals surface area contributed by atoms with Crippen LogP contribution in [0.25, 0.3) is 0 Å². The molecule has 222 valence electrons. The molecule has 12 nitrogen and oxygen atoms in total. The molecule has 0 bridgehead atoms. The Hall–Kier alpha value is -2.06. The molecule has 6 rings (SSSR count). The molecule has 40 heavy (non-hydrogen) atoms. The maximum atomic E-state index is 13.9. The number of esters is 2. The van der Waals surface area contributed by atoms with Crippen LogP contribution in [0, 0.1) is 28.6 Å². The number of aliphatic hydroxyl groups is 4. The summed E-state index contributed by atoms with van der Waals surface area (Å²) in [6.07, 6.45) is -2.89. The van der Waals surface area contributed by atoms with E-state index in [9.17, 15) is 30.0 Å². The highest BCUT2D eigenvalue weighted by Crippen LogP contribution is 2.69. The van der Waals surface area contributed by atoms with Gasteiger partial charge in [-0.15, -0.1) is 0 Å². The third-order valence-corrected chi connectivity index (χ3v) is 10.3. The van der Waals surface area contributed by atoms with E-state index in [4.69, 9.17) is 28.1 Å². The van der Waals surface area contributed by atoms with Gasteiger partial charge in [-0.05, 0) is 37.2 Å². The molecule has 4 heterocycles. The second-order valence-electron chi connectivity index (χ2n) is 12.1. The first-order valence-corrected chi connectivity index (χ1v) is 14.1. The average Bonchev–Trinajstić information content (AvgIpc) is 3.66. The SMILES string of the molecule is CC(=O)OC1CC(C)C2(CC(c3ccoc3)OC2=O)C2CCCC3C(OC4OC(CO)C(O)C(O)C4O)OCC132. The van der Waals surface area contributed by atoms with Gasteiger partial charge >= 0.3 is 11.9 Å². The molecule has 5 fully saturated rings. The van der Waals surface area contributed by atoms with Crippen LogP contribution in [0.5, 0.6) is 0 Å². The standard InChI is InChI=1S/C28H38O12/c1-13-8-20(37-14(2)30)28-12-36-24(40-25-23(33)22(32)21(31)18(10-29)38-25)16(28)4-3-5-19(28)27(13)9-17(39-26(27)34)15-6-7-35-11-15/h6-7,11,13,16-25,29,31-33H,3-5,8-10,12H2,1-2H3. The fraction of sp³-hybridized carbons (Fsp3) is 0.786. The summed E-state index contributed by atoms with van der Waals surface area (Å²) >= 11 is 0. The number of hydrogen-bond donors (Lipinski definition) is 4. The van der Waals surface area contributed by atoms with Crippen LogP contribution in [0.4, 0.5) is 0 Å². The normalized spacial score (nSPS) is 48.5. The Morgan fingerprint density at radius 3 is 2.65 bits per heavy atom.